The molecule has 0 aliphatic rings. The van der Waals surface area contributed by atoms with Gasteiger partial charge >= 0.3 is 0 Å². The molecule has 0 saturated carbocycles. The van der Waals surface area contributed by atoms with E-state index in [-0.39, 0.29) is 0 Å². The highest BCUT2D eigenvalue weighted by atomic mass is 79.9. The van der Waals surface area contributed by atoms with Crippen LogP contribution in [-0.4, -0.2) is 13.1 Å². The number of nitrogens with zero attached hydrogens (tertiary/aromatic N) is 2. The fourth-order valence-corrected chi connectivity index (χ4v) is 5.17. The van der Waals surface area contributed by atoms with Gasteiger partial charge in [0, 0.05) is 61.6 Å². The molecule has 190 valence electrons. The van der Waals surface area contributed by atoms with Gasteiger partial charge in [0.05, 0.1) is 0 Å². The summed E-state index contributed by atoms with van der Waals surface area (Å²) >= 11 is 7.73. The summed E-state index contributed by atoms with van der Waals surface area (Å²) in [5.74, 6) is 0. The summed E-state index contributed by atoms with van der Waals surface area (Å²) in [4.78, 5) is 0.686. The lowest BCUT2D eigenvalue weighted by molar-refractivity contribution is -0.699. The maximum atomic E-state index is 3.86. The fourth-order valence-electron chi connectivity index (χ4n) is 3.98. The zero-order valence-corrected chi connectivity index (χ0v) is 24.5. The van der Waals surface area contributed by atoms with Gasteiger partial charge in [0.2, 0.25) is 9.90 Å². The second-order valence-electron chi connectivity index (χ2n) is 9.20. The number of anilines is 2. The van der Waals surface area contributed by atoms with Gasteiger partial charge < -0.3 is 10.6 Å². The minimum atomic E-state index is 0.343. The van der Waals surface area contributed by atoms with Crippen molar-refractivity contribution >= 4 is 43.2 Å². The predicted octanol–water partition coefficient (Wildman–Crippen LogP) is 8.29. The first-order valence-electron chi connectivity index (χ1n) is 13.4. The van der Waals surface area contributed by atoms with E-state index >= 15 is 0 Å². The standard InChI is InChI=1S/C28H44Br2N4/c1-3-5-7-11-19-31-25-15-21-33(22-16-25)27(29)13-9-10-14-28(30)34-23-17-26(18-24-34)32-20-12-8-6-4-2/h15-18,21-24,27-28H,3-14,19-20H2,1-2H3/p+2. The summed E-state index contributed by atoms with van der Waals surface area (Å²) in [7, 11) is 0. The van der Waals surface area contributed by atoms with Crippen LogP contribution in [0.25, 0.3) is 0 Å². The molecule has 34 heavy (non-hydrogen) atoms. The molecular weight excluding hydrogens is 552 g/mol. The SMILES string of the molecule is CCCCCCNc1cc[n+](C(Br)CCCCC(Br)[n+]2ccc(NCCCCCC)cc2)cc1. The summed E-state index contributed by atoms with van der Waals surface area (Å²) in [5.41, 5.74) is 2.42. The van der Waals surface area contributed by atoms with E-state index in [0.29, 0.717) is 9.90 Å². The van der Waals surface area contributed by atoms with E-state index in [1.54, 1.807) is 0 Å². The van der Waals surface area contributed by atoms with Crippen molar-refractivity contribution in [3.05, 3.63) is 49.1 Å². The normalized spacial score (nSPS) is 12.9. The average molecular weight is 599 g/mol. The largest absolute Gasteiger partial charge is 0.385 e. The molecule has 0 aromatic carbocycles. The van der Waals surface area contributed by atoms with E-state index in [2.05, 4.69) is 115 Å². The number of halogens is 2. The van der Waals surface area contributed by atoms with Gasteiger partial charge in [-0.2, -0.15) is 9.13 Å². The van der Waals surface area contributed by atoms with Crippen molar-refractivity contribution in [2.75, 3.05) is 23.7 Å². The molecule has 0 fully saturated rings. The van der Waals surface area contributed by atoms with Gasteiger partial charge in [-0.3, -0.25) is 0 Å². The van der Waals surface area contributed by atoms with Crippen LogP contribution in [0.4, 0.5) is 11.4 Å². The third kappa shape index (κ3) is 12.0. The number of nitrogens with one attached hydrogen (secondary N) is 2. The van der Waals surface area contributed by atoms with Crippen molar-refractivity contribution in [1.82, 2.24) is 0 Å². The number of pyridine rings is 2. The molecule has 0 spiro atoms. The minimum absolute atomic E-state index is 0.343. The Hall–Kier alpha value is -1.14. The maximum Gasteiger partial charge on any atom is 0.211 e. The van der Waals surface area contributed by atoms with Crippen LogP contribution in [0, 0.1) is 0 Å². The molecule has 4 nitrogen and oxygen atoms in total. The molecule has 2 aromatic rings. The van der Waals surface area contributed by atoms with Crippen LogP contribution in [0.1, 0.15) is 101 Å². The predicted molar refractivity (Wildman–Crippen MR) is 153 cm³/mol. The maximum absolute atomic E-state index is 3.86. The molecule has 2 rings (SSSR count). The molecule has 0 aliphatic heterocycles. The van der Waals surface area contributed by atoms with Crippen LogP contribution in [0.2, 0.25) is 0 Å². The van der Waals surface area contributed by atoms with E-state index in [4.69, 9.17) is 0 Å². The third-order valence-corrected chi connectivity index (χ3v) is 8.07. The number of hydrogen-bond acceptors (Lipinski definition) is 2. The molecular formula is C28H46Br2N4+2. The number of rotatable bonds is 19. The number of aromatic nitrogens is 2. The molecule has 2 aromatic heterocycles. The quantitative estimate of drug-likeness (QED) is 0.0969. The topological polar surface area (TPSA) is 31.8 Å². The summed E-state index contributed by atoms with van der Waals surface area (Å²) in [5, 5.41) is 7.06. The highest BCUT2D eigenvalue weighted by Gasteiger charge is 2.17. The molecule has 0 amide bonds. The first-order valence-corrected chi connectivity index (χ1v) is 15.2. The Balaban J connectivity index is 1.62. The Kier molecular flexibility index (Phi) is 15.6. The smallest absolute Gasteiger partial charge is 0.211 e. The van der Waals surface area contributed by atoms with E-state index in [1.807, 2.05) is 0 Å². The van der Waals surface area contributed by atoms with Crippen molar-refractivity contribution in [2.45, 2.75) is 101 Å². The second-order valence-corrected chi connectivity index (χ2v) is 11.3. The number of alkyl halides is 2. The monoisotopic (exact) mass is 596 g/mol. The Morgan fingerprint density at radius 2 is 0.971 bits per heavy atom. The van der Waals surface area contributed by atoms with Crippen LogP contribution >= 0.6 is 31.9 Å². The van der Waals surface area contributed by atoms with Crippen LogP contribution < -0.4 is 19.8 Å². The average Bonchev–Trinajstić information content (AvgIpc) is 2.87. The van der Waals surface area contributed by atoms with Gasteiger partial charge in [-0.05, 0) is 57.5 Å². The molecule has 0 radical (unpaired) electrons. The first kappa shape index (κ1) is 29.1. The van der Waals surface area contributed by atoms with E-state index in [0.717, 1.165) is 25.9 Å². The Bertz CT molecular complexity index is 687. The molecule has 2 unspecified atom stereocenters. The summed E-state index contributed by atoms with van der Waals surface area (Å²) in [6.07, 6.45) is 23.7. The third-order valence-electron chi connectivity index (χ3n) is 6.21. The molecule has 0 bridgehead atoms. The fraction of sp³-hybridized carbons (Fsp3) is 0.643. The van der Waals surface area contributed by atoms with Crippen LogP contribution in [0.15, 0.2) is 49.1 Å². The van der Waals surface area contributed by atoms with Gasteiger partial charge in [0.1, 0.15) is 0 Å². The summed E-state index contributed by atoms with van der Waals surface area (Å²) in [6, 6.07) is 8.73. The molecule has 0 aliphatic carbocycles. The second kappa shape index (κ2) is 18.2. The zero-order valence-electron chi connectivity index (χ0n) is 21.3. The Labute approximate surface area is 225 Å². The molecule has 6 heteroatoms. The van der Waals surface area contributed by atoms with Crippen molar-refractivity contribution in [3.63, 3.8) is 0 Å². The van der Waals surface area contributed by atoms with E-state index in [1.165, 1.54) is 75.6 Å². The minimum Gasteiger partial charge on any atom is -0.385 e. The van der Waals surface area contributed by atoms with Crippen LogP contribution in [-0.2, 0) is 0 Å². The lowest BCUT2D eigenvalue weighted by atomic mass is 10.2. The van der Waals surface area contributed by atoms with Crippen LogP contribution in [0.5, 0.6) is 0 Å². The summed E-state index contributed by atoms with van der Waals surface area (Å²) in [6.45, 7) is 6.63. The highest BCUT2D eigenvalue weighted by molar-refractivity contribution is 9.09. The van der Waals surface area contributed by atoms with Crippen molar-refractivity contribution in [2.24, 2.45) is 0 Å². The lowest BCUT2D eigenvalue weighted by Gasteiger charge is -2.09. The van der Waals surface area contributed by atoms with E-state index < -0.39 is 0 Å². The Morgan fingerprint density at radius 3 is 1.32 bits per heavy atom. The van der Waals surface area contributed by atoms with Gasteiger partial charge in [-0.15, -0.1) is 0 Å². The van der Waals surface area contributed by atoms with Gasteiger partial charge in [0.25, 0.3) is 0 Å². The van der Waals surface area contributed by atoms with Gasteiger partial charge in [-0.25, -0.2) is 0 Å². The Morgan fingerprint density at radius 1 is 0.588 bits per heavy atom. The molecule has 2 atom stereocenters. The van der Waals surface area contributed by atoms with Crippen molar-refractivity contribution in [3.8, 4) is 0 Å². The molecule has 2 heterocycles. The molecule has 0 saturated heterocycles. The number of unbranched alkanes of at least 4 members (excludes halogenated alkanes) is 7. The van der Waals surface area contributed by atoms with Gasteiger partial charge in [-0.1, -0.05) is 52.4 Å². The van der Waals surface area contributed by atoms with Crippen molar-refractivity contribution < 1.29 is 9.13 Å². The first-order chi connectivity index (χ1) is 16.6. The molecule has 2 N–H and O–H groups in total. The van der Waals surface area contributed by atoms with Crippen LogP contribution in [0.3, 0.4) is 0 Å². The lowest BCUT2D eigenvalue weighted by Crippen LogP contribution is -2.36. The van der Waals surface area contributed by atoms with E-state index in [9.17, 15) is 0 Å². The summed E-state index contributed by atoms with van der Waals surface area (Å²) < 4.78 is 4.52. The highest BCUT2D eigenvalue weighted by Crippen LogP contribution is 2.21. The van der Waals surface area contributed by atoms with Crippen molar-refractivity contribution in [1.29, 1.82) is 0 Å². The zero-order chi connectivity index (χ0) is 24.4. The number of hydrogen-bond donors (Lipinski definition) is 2. The van der Waals surface area contributed by atoms with Gasteiger partial charge in [0.15, 0.2) is 24.8 Å².